The summed E-state index contributed by atoms with van der Waals surface area (Å²) in [5.41, 5.74) is 0. The van der Waals surface area contributed by atoms with Crippen LogP contribution in [0.2, 0.25) is 0 Å². The molecule has 4 heteroatoms. The Morgan fingerprint density at radius 2 is 2.08 bits per heavy atom. The number of fused-ring (bicyclic) bond motifs is 1. The summed E-state index contributed by atoms with van der Waals surface area (Å²) in [6, 6.07) is 3.07. The van der Waals surface area contributed by atoms with Crippen molar-refractivity contribution >= 4 is 44.0 Å². The van der Waals surface area contributed by atoms with Crippen LogP contribution in [0.25, 0.3) is 10.1 Å². The Hall–Kier alpha value is -0.230. The molecule has 0 nitrogen and oxygen atoms in total. The molecule has 0 fully saturated rings. The van der Waals surface area contributed by atoms with Crippen molar-refractivity contribution in [2.24, 2.45) is 0 Å². The van der Waals surface area contributed by atoms with E-state index in [0.717, 1.165) is 0 Å². The van der Waals surface area contributed by atoms with Crippen LogP contribution in [0.4, 0.5) is 8.78 Å². The topological polar surface area (TPSA) is 0 Å². The lowest BCUT2D eigenvalue weighted by Crippen LogP contribution is -1.87. The quantitative estimate of drug-likeness (QED) is 0.512. The first-order valence-corrected chi connectivity index (χ1v) is 5.16. The highest BCUT2D eigenvalue weighted by atomic mass is 127. The van der Waals surface area contributed by atoms with Gasteiger partial charge in [0.2, 0.25) is 0 Å². The minimum Gasteiger partial charge on any atom is -0.206 e. The first-order chi connectivity index (χ1) is 5.70. The average molecular weight is 296 g/mol. The second-order valence-corrected chi connectivity index (χ2v) is 4.32. The molecule has 0 aliphatic heterocycles. The molecule has 0 saturated heterocycles. The van der Waals surface area contributed by atoms with Crippen LogP contribution in [0.5, 0.6) is 0 Å². The third-order valence-corrected chi connectivity index (χ3v) is 3.49. The maximum Gasteiger partial charge on any atom is 0.157 e. The molecule has 0 atom stereocenters. The molecule has 1 aromatic heterocycles. The van der Waals surface area contributed by atoms with Crippen molar-refractivity contribution < 1.29 is 8.78 Å². The third-order valence-electron chi connectivity index (χ3n) is 1.58. The first kappa shape index (κ1) is 8.37. The summed E-state index contributed by atoms with van der Waals surface area (Å²) in [6.45, 7) is 0. The van der Waals surface area contributed by atoms with Crippen LogP contribution in [0, 0.1) is 15.2 Å². The number of thiophene rings is 1. The highest BCUT2D eigenvalue weighted by Gasteiger charge is 2.11. The molecule has 62 valence electrons. The number of benzene rings is 1. The molecule has 0 radical (unpaired) electrons. The Labute approximate surface area is 85.3 Å². The average Bonchev–Trinajstić information content (AvgIpc) is 2.48. The summed E-state index contributed by atoms with van der Waals surface area (Å²) in [5.74, 6) is -0.931. The van der Waals surface area contributed by atoms with Crippen molar-refractivity contribution in [2.75, 3.05) is 0 Å². The van der Waals surface area contributed by atoms with E-state index < -0.39 is 11.6 Å². The molecule has 0 amide bonds. The molecule has 2 aromatic rings. The molecule has 0 N–H and O–H groups in total. The number of hydrogen-bond acceptors (Lipinski definition) is 1. The zero-order chi connectivity index (χ0) is 8.72. The Balaban J connectivity index is 2.94. The Morgan fingerprint density at radius 1 is 1.33 bits per heavy atom. The second kappa shape index (κ2) is 2.92. The van der Waals surface area contributed by atoms with Crippen LogP contribution >= 0.6 is 33.9 Å². The molecule has 1 heterocycles. The second-order valence-electron chi connectivity index (χ2n) is 2.33. The van der Waals surface area contributed by atoms with Crippen molar-refractivity contribution in [2.45, 2.75) is 0 Å². The Bertz CT molecular complexity index is 436. The van der Waals surface area contributed by atoms with Crippen LogP contribution in [0.1, 0.15) is 0 Å². The van der Waals surface area contributed by atoms with E-state index in [1.54, 1.807) is 34.0 Å². The number of halogens is 3. The summed E-state index contributed by atoms with van der Waals surface area (Å²) >= 11 is 2.96. The van der Waals surface area contributed by atoms with Crippen molar-refractivity contribution in [1.29, 1.82) is 0 Å². The zero-order valence-corrected chi connectivity index (χ0v) is 8.75. The third kappa shape index (κ3) is 1.13. The molecule has 0 unspecified atom stereocenters. The molecule has 12 heavy (non-hydrogen) atoms. The van der Waals surface area contributed by atoms with E-state index in [1.165, 1.54) is 17.4 Å². The van der Waals surface area contributed by atoms with Crippen molar-refractivity contribution in [3.63, 3.8) is 0 Å². The maximum absolute atomic E-state index is 13.3. The van der Waals surface area contributed by atoms with Gasteiger partial charge in [0.1, 0.15) is 5.82 Å². The van der Waals surface area contributed by atoms with Gasteiger partial charge in [0.25, 0.3) is 0 Å². The zero-order valence-electron chi connectivity index (χ0n) is 5.77. The summed E-state index contributed by atoms with van der Waals surface area (Å²) in [7, 11) is 0. The Kier molecular flexibility index (Phi) is 2.04. The van der Waals surface area contributed by atoms with Gasteiger partial charge in [-0.25, -0.2) is 8.78 Å². The van der Waals surface area contributed by atoms with Gasteiger partial charge in [-0.2, -0.15) is 0 Å². The van der Waals surface area contributed by atoms with E-state index >= 15 is 0 Å². The van der Waals surface area contributed by atoms with Crippen LogP contribution in [0.15, 0.2) is 17.5 Å². The van der Waals surface area contributed by atoms with E-state index in [0.29, 0.717) is 10.1 Å². The smallest absolute Gasteiger partial charge is 0.157 e. The maximum atomic E-state index is 13.3. The summed E-state index contributed by atoms with van der Waals surface area (Å²) < 4.78 is 26.8. The van der Waals surface area contributed by atoms with Gasteiger partial charge in [0.15, 0.2) is 5.82 Å². The summed E-state index contributed by atoms with van der Waals surface area (Å²) in [4.78, 5) is 0. The molecular weight excluding hydrogens is 293 g/mol. The highest BCUT2D eigenvalue weighted by molar-refractivity contribution is 14.1. The van der Waals surface area contributed by atoms with Crippen molar-refractivity contribution in [1.82, 2.24) is 0 Å². The fourth-order valence-corrected chi connectivity index (χ4v) is 2.44. The Morgan fingerprint density at radius 3 is 2.83 bits per heavy atom. The normalized spacial score (nSPS) is 10.9. The lowest BCUT2D eigenvalue weighted by molar-refractivity contribution is 0.580. The van der Waals surface area contributed by atoms with Gasteiger partial charge in [0.05, 0.1) is 8.27 Å². The standard InChI is InChI=1S/C8H3F2IS/c9-5-3-4-1-2-12-8(4)6(10)7(5)11/h1-3H. The fraction of sp³-hybridized carbons (Fsp3) is 0. The fourth-order valence-electron chi connectivity index (χ4n) is 1.02. The number of hydrogen-bond donors (Lipinski definition) is 0. The molecular formula is C8H3F2IS. The number of rotatable bonds is 0. The summed E-state index contributed by atoms with van der Waals surface area (Å²) in [5, 5.41) is 2.39. The SMILES string of the molecule is Fc1cc2ccsc2c(F)c1I. The van der Waals surface area contributed by atoms with Gasteiger partial charge in [-0.3, -0.25) is 0 Å². The van der Waals surface area contributed by atoms with Crippen LogP contribution in [-0.2, 0) is 0 Å². The van der Waals surface area contributed by atoms with Crippen molar-refractivity contribution in [3.8, 4) is 0 Å². The van der Waals surface area contributed by atoms with Crippen molar-refractivity contribution in [3.05, 3.63) is 32.7 Å². The van der Waals surface area contributed by atoms with Gasteiger partial charge in [-0.05, 0) is 45.5 Å². The monoisotopic (exact) mass is 296 g/mol. The first-order valence-electron chi connectivity index (χ1n) is 3.21. The van der Waals surface area contributed by atoms with E-state index in [9.17, 15) is 8.78 Å². The molecule has 2 rings (SSSR count). The predicted molar refractivity (Wildman–Crippen MR) is 54.5 cm³/mol. The largest absolute Gasteiger partial charge is 0.206 e. The lowest BCUT2D eigenvalue weighted by atomic mass is 10.2. The summed E-state index contributed by atoms with van der Waals surface area (Å²) in [6.07, 6.45) is 0. The molecule has 0 aliphatic carbocycles. The molecule has 0 spiro atoms. The lowest BCUT2D eigenvalue weighted by Gasteiger charge is -1.97. The van der Waals surface area contributed by atoms with Gasteiger partial charge < -0.3 is 0 Å². The van der Waals surface area contributed by atoms with Gasteiger partial charge >= 0.3 is 0 Å². The van der Waals surface area contributed by atoms with Crippen LogP contribution in [-0.4, -0.2) is 0 Å². The van der Waals surface area contributed by atoms with Gasteiger partial charge in [-0.1, -0.05) is 0 Å². The van der Waals surface area contributed by atoms with E-state index in [2.05, 4.69) is 0 Å². The molecule has 0 aliphatic rings. The predicted octanol–water partition coefficient (Wildman–Crippen LogP) is 3.78. The molecule has 0 bridgehead atoms. The van der Waals surface area contributed by atoms with Gasteiger partial charge in [0, 0.05) is 0 Å². The molecule has 1 aromatic carbocycles. The highest BCUT2D eigenvalue weighted by Crippen LogP contribution is 2.28. The molecule has 0 saturated carbocycles. The van der Waals surface area contributed by atoms with E-state index in [-0.39, 0.29) is 3.57 Å². The van der Waals surface area contributed by atoms with Crippen LogP contribution < -0.4 is 0 Å². The van der Waals surface area contributed by atoms with E-state index in [1.807, 2.05) is 0 Å². The van der Waals surface area contributed by atoms with Gasteiger partial charge in [-0.15, -0.1) is 11.3 Å². The van der Waals surface area contributed by atoms with Crippen LogP contribution in [0.3, 0.4) is 0 Å². The minimum atomic E-state index is -0.487. The van der Waals surface area contributed by atoms with E-state index in [4.69, 9.17) is 0 Å². The minimum absolute atomic E-state index is 0.0718.